The molecule has 1 aliphatic rings. The maximum absolute atomic E-state index is 11.5. The number of fused-ring (bicyclic) bond motifs is 1. The van der Waals surface area contributed by atoms with Gasteiger partial charge in [0.1, 0.15) is 0 Å². The van der Waals surface area contributed by atoms with Crippen LogP contribution in [0, 0.1) is 5.92 Å². The maximum atomic E-state index is 11.5. The van der Waals surface area contributed by atoms with Gasteiger partial charge in [0.2, 0.25) is 11.8 Å². The molecule has 1 aliphatic heterocycles. The van der Waals surface area contributed by atoms with Crippen LogP contribution >= 0.6 is 0 Å². The van der Waals surface area contributed by atoms with Gasteiger partial charge >= 0.3 is 0 Å². The van der Waals surface area contributed by atoms with Gasteiger partial charge in [0, 0.05) is 30.6 Å². The van der Waals surface area contributed by atoms with Crippen molar-refractivity contribution in [1.82, 2.24) is 15.3 Å². The van der Waals surface area contributed by atoms with Crippen molar-refractivity contribution in [3.8, 4) is 28.6 Å². The van der Waals surface area contributed by atoms with E-state index in [1.165, 1.54) is 0 Å². The number of amides is 1. The van der Waals surface area contributed by atoms with E-state index >= 15 is 0 Å². The molecule has 2 aromatic heterocycles. The topological polar surface area (TPSA) is 82.6 Å². The third-order valence-electron chi connectivity index (χ3n) is 4.90. The second-order valence-corrected chi connectivity index (χ2v) is 7.60. The van der Waals surface area contributed by atoms with Gasteiger partial charge in [-0.3, -0.25) is 9.78 Å². The number of hydrogen-bond donors (Lipinski definition) is 1. The van der Waals surface area contributed by atoms with Crippen molar-refractivity contribution in [3.63, 3.8) is 0 Å². The highest BCUT2D eigenvalue weighted by molar-refractivity contribution is 5.87. The maximum Gasteiger partial charge on any atom is 0.223 e. The SMILES string of the molecule is COc1ccc(-c2cc3ncccc3c(OCC3CNC(=O)C3)n2)cc1OC(C)C. The number of aromatic nitrogens is 2. The summed E-state index contributed by atoms with van der Waals surface area (Å²) in [6.07, 6.45) is 2.24. The minimum Gasteiger partial charge on any atom is -0.493 e. The minimum atomic E-state index is 0.0157. The average Bonchev–Trinajstić information content (AvgIpc) is 3.16. The predicted molar refractivity (Wildman–Crippen MR) is 114 cm³/mol. The van der Waals surface area contributed by atoms with E-state index in [9.17, 15) is 4.79 Å². The molecule has 7 heteroatoms. The molecule has 7 nitrogen and oxygen atoms in total. The standard InChI is InChI=1S/C23H25N3O4/c1-14(2)30-21-10-16(6-7-20(21)28-3)18-11-19-17(5-4-8-24-19)23(26-18)29-13-15-9-22(27)25-12-15/h4-8,10-11,14-15H,9,12-13H2,1-3H3,(H,25,27). The normalized spacial score (nSPS) is 16.0. The molecule has 0 radical (unpaired) electrons. The summed E-state index contributed by atoms with van der Waals surface area (Å²) in [5.74, 6) is 2.04. The van der Waals surface area contributed by atoms with E-state index in [0.717, 1.165) is 22.2 Å². The van der Waals surface area contributed by atoms with E-state index in [1.54, 1.807) is 13.3 Å². The molecule has 1 unspecified atom stereocenters. The number of ether oxygens (including phenoxy) is 3. The number of rotatable bonds is 7. The summed E-state index contributed by atoms with van der Waals surface area (Å²) in [4.78, 5) is 20.7. The number of nitrogens with one attached hydrogen (secondary N) is 1. The Morgan fingerprint density at radius 1 is 1.20 bits per heavy atom. The van der Waals surface area contributed by atoms with E-state index in [2.05, 4.69) is 10.3 Å². The van der Waals surface area contributed by atoms with Crippen molar-refractivity contribution in [3.05, 3.63) is 42.6 Å². The molecule has 3 heterocycles. The molecule has 30 heavy (non-hydrogen) atoms. The second-order valence-electron chi connectivity index (χ2n) is 7.60. The average molecular weight is 407 g/mol. The Balaban J connectivity index is 1.70. The second kappa shape index (κ2) is 8.57. The quantitative estimate of drug-likeness (QED) is 0.644. The van der Waals surface area contributed by atoms with E-state index in [1.807, 2.05) is 50.2 Å². The Labute approximate surface area is 175 Å². The highest BCUT2D eigenvalue weighted by atomic mass is 16.5. The van der Waals surface area contributed by atoms with Crippen LogP contribution in [0.25, 0.3) is 22.2 Å². The van der Waals surface area contributed by atoms with Crippen molar-refractivity contribution in [2.75, 3.05) is 20.3 Å². The van der Waals surface area contributed by atoms with Gasteiger partial charge in [0.25, 0.3) is 0 Å². The zero-order chi connectivity index (χ0) is 21.1. The Morgan fingerprint density at radius 2 is 2.07 bits per heavy atom. The van der Waals surface area contributed by atoms with Gasteiger partial charge < -0.3 is 19.5 Å². The van der Waals surface area contributed by atoms with Crippen molar-refractivity contribution in [1.29, 1.82) is 0 Å². The molecule has 1 N–H and O–H groups in total. The van der Waals surface area contributed by atoms with Crippen LogP contribution < -0.4 is 19.5 Å². The summed E-state index contributed by atoms with van der Waals surface area (Å²) < 4.78 is 17.4. The van der Waals surface area contributed by atoms with Gasteiger partial charge in [-0.25, -0.2) is 4.98 Å². The summed E-state index contributed by atoms with van der Waals surface area (Å²) in [6.45, 7) is 4.99. The van der Waals surface area contributed by atoms with Crippen LogP contribution in [0.1, 0.15) is 20.3 Å². The third kappa shape index (κ3) is 4.30. The zero-order valence-electron chi connectivity index (χ0n) is 17.3. The van der Waals surface area contributed by atoms with Crippen LogP contribution in [0.3, 0.4) is 0 Å². The molecule has 1 aromatic carbocycles. The fourth-order valence-corrected chi connectivity index (χ4v) is 3.46. The van der Waals surface area contributed by atoms with Gasteiger partial charge in [-0.05, 0) is 50.2 Å². The monoisotopic (exact) mass is 407 g/mol. The molecule has 0 bridgehead atoms. The number of methoxy groups -OCH3 is 1. The lowest BCUT2D eigenvalue weighted by molar-refractivity contribution is -0.119. The first kappa shape index (κ1) is 19.9. The molecule has 0 aliphatic carbocycles. The van der Waals surface area contributed by atoms with Crippen LogP contribution in [0.5, 0.6) is 17.4 Å². The van der Waals surface area contributed by atoms with Gasteiger partial charge in [0.05, 0.1) is 36.4 Å². The molecular formula is C23H25N3O4. The zero-order valence-corrected chi connectivity index (χ0v) is 17.3. The number of carbonyl (C=O) groups excluding carboxylic acids is 1. The first-order valence-electron chi connectivity index (χ1n) is 10.0. The van der Waals surface area contributed by atoms with Gasteiger partial charge in [-0.2, -0.15) is 0 Å². The molecule has 3 aromatic rings. The summed E-state index contributed by atoms with van der Waals surface area (Å²) in [5.41, 5.74) is 2.40. The number of carbonyl (C=O) groups is 1. The lowest BCUT2D eigenvalue weighted by Crippen LogP contribution is -2.17. The van der Waals surface area contributed by atoms with E-state index in [0.29, 0.717) is 37.0 Å². The van der Waals surface area contributed by atoms with Crippen LogP contribution in [-0.2, 0) is 4.79 Å². The minimum absolute atomic E-state index is 0.0157. The fraction of sp³-hybridized carbons (Fsp3) is 0.348. The predicted octanol–water partition coefficient (Wildman–Crippen LogP) is 3.61. The molecule has 1 atom stereocenters. The first-order valence-corrected chi connectivity index (χ1v) is 10.0. The molecule has 1 saturated heterocycles. The van der Waals surface area contributed by atoms with Gasteiger partial charge in [0.15, 0.2) is 11.5 Å². The summed E-state index contributed by atoms with van der Waals surface area (Å²) >= 11 is 0. The summed E-state index contributed by atoms with van der Waals surface area (Å²) in [7, 11) is 1.62. The smallest absolute Gasteiger partial charge is 0.223 e. The van der Waals surface area contributed by atoms with Crippen LogP contribution in [0.15, 0.2) is 42.6 Å². The van der Waals surface area contributed by atoms with E-state index in [-0.39, 0.29) is 17.9 Å². The molecule has 0 saturated carbocycles. The Hall–Kier alpha value is -3.35. The number of nitrogens with zero attached hydrogens (tertiary/aromatic N) is 2. The molecule has 0 spiro atoms. The van der Waals surface area contributed by atoms with Crippen LogP contribution in [-0.4, -0.2) is 42.2 Å². The lowest BCUT2D eigenvalue weighted by Gasteiger charge is -2.16. The first-order chi connectivity index (χ1) is 14.5. The number of pyridine rings is 2. The molecule has 4 rings (SSSR count). The molecular weight excluding hydrogens is 382 g/mol. The fourth-order valence-electron chi connectivity index (χ4n) is 3.46. The van der Waals surface area contributed by atoms with Crippen molar-refractivity contribution >= 4 is 16.8 Å². The van der Waals surface area contributed by atoms with Crippen LogP contribution in [0.4, 0.5) is 0 Å². The number of benzene rings is 1. The van der Waals surface area contributed by atoms with Crippen molar-refractivity contribution in [2.45, 2.75) is 26.4 Å². The Morgan fingerprint density at radius 3 is 2.80 bits per heavy atom. The highest BCUT2D eigenvalue weighted by Crippen LogP contribution is 2.35. The third-order valence-corrected chi connectivity index (χ3v) is 4.90. The largest absolute Gasteiger partial charge is 0.493 e. The van der Waals surface area contributed by atoms with Gasteiger partial charge in [-0.15, -0.1) is 0 Å². The molecule has 156 valence electrons. The lowest BCUT2D eigenvalue weighted by atomic mass is 10.1. The van der Waals surface area contributed by atoms with E-state index < -0.39 is 0 Å². The number of hydrogen-bond acceptors (Lipinski definition) is 6. The summed E-state index contributed by atoms with van der Waals surface area (Å²) in [6, 6.07) is 11.5. The molecule has 1 amide bonds. The Bertz CT molecular complexity index is 1070. The van der Waals surface area contributed by atoms with Crippen molar-refractivity contribution < 1.29 is 19.0 Å². The molecule has 1 fully saturated rings. The van der Waals surface area contributed by atoms with Crippen LogP contribution in [0.2, 0.25) is 0 Å². The van der Waals surface area contributed by atoms with E-state index in [4.69, 9.17) is 19.2 Å². The van der Waals surface area contributed by atoms with Gasteiger partial charge in [-0.1, -0.05) is 0 Å². The van der Waals surface area contributed by atoms with Crippen molar-refractivity contribution in [2.24, 2.45) is 5.92 Å². The Kier molecular flexibility index (Phi) is 5.70. The highest BCUT2D eigenvalue weighted by Gasteiger charge is 2.22. The summed E-state index contributed by atoms with van der Waals surface area (Å²) in [5, 5.41) is 3.67.